The van der Waals surface area contributed by atoms with E-state index in [-0.39, 0.29) is 10.7 Å². The summed E-state index contributed by atoms with van der Waals surface area (Å²) in [6.07, 6.45) is -4.51. The number of hydrogen-bond acceptors (Lipinski definition) is 3. The van der Waals surface area contributed by atoms with Crippen molar-refractivity contribution in [2.45, 2.75) is 6.18 Å². The third-order valence-electron chi connectivity index (χ3n) is 3.14. The van der Waals surface area contributed by atoms with Crippen LogP contribution in [0.25, 0.3) is 10.2 Å². The van der Waals surface area contributed by atoms with Crippen molar-refractivity contribution in [1.82, 2.24) is 4.98 Å². The van der Waals surface area contributed by atoms with Crippen molar-refractivity contribution in [1.29, 1.82) is 0 Å². The summed E-state index contributed by atoms with van der Waals surface area (Å²) < 4.78 is 39.0. The van der Waals surface area contributed by atoms with Crippen molar-refractivity contribution in [3.63, 3.8) is 0 Å². The highest BCUT2D eigenvalue weighted by atomic mass is 35.5. The SMILES string of the molecule is O=C(Nc1cc(C(F)(F)F)ccc1Cl)c1ccc2ncsc2c1. The number of anilines is 1. The lowest BCUT2D eigenvalue weighted by Gasteiger charge is -2.11. The molecule has 0 saturated carbocycles. The Balaban J connectivity index is 1.90. The Morgan fingerprint density at radius 2 is 1.96 bits per heavy atom. The Morgan fingerprint density at radius 3 is 2.70 bits per heavy atom. The fraction of sp³-hybridized carbons (Fsp3) is 0.0667. The van der Waals surface area contributed by atoms with Gasteiger partial charge in [-0.05, 0) is 36.4 Å². The van der Waals surface area contributed by atoms with Crippen LogP contribution in [0, 0.1) is 0 Å². The van der Waals surface area contributed by atoms with Gasteiger partial charge in [0.25, 0.3) is 5.91 Å². The van der Waals surface area contributed by atoms with Crippen LogP contribution < -0.4 is 5.32 Å². The minimum Gasteiger partial charge on any atom is -0.321 e. The third-order valence-corrected chi connectivity index (χ3v) is 4.26. The lowest BCUT2D eigenvalue weighted by atomic mass is 10.1. The molecule has 0 bridgehead atoms. The van der Waals surface area contributed by atoms with Crippen LogP contribution in [-0.4, -0.2) is 10.9 Å². The number of benzene rings is 2. The molecule has 3 rings (SSSR count). The van der Waals surface area contributed by atoms with Crippen molar-refractivity contribution in [3.8, 4) is 0 Å². The quantitative estimate of drug-likeness (QED) is 0.684. The smallest absolute Gasteiger partial charge is 0.321 e. The molecular formula is C15H8ClF3N2OS. The number of rotatable bonds is 2. The molecule has 23 heavy (non-hydrogen) atoms. The zero-order valence-corrected chi connectivity index (χ0v) is 12.9. The van der Waals surface area contributed by atoms with Crippen LogP contribution in [0.15, 0.2) is 41.9 Å². The second kappa shape index (κ2) is 5.82. The maximum absolute atomic E-state index is 12.7. The first kappa shape index (κ1) is 15.8. The molecule has 0 aliphatic rings. The van der Waals surface area contributed by atoms with Gasteiger partial charge in [-0.15, -0.1) is 11.3 Å². The molecule has 0 aliphatic heterocycles. The number of carbonyl (C=O) groups excluding carboxylic acids is 1. The van der Waals surface area contributed by atoms with E-state index < -0.39 is 17.6 Å². The highest BCUT2D eigenvalue weighted by Crippen LogP contribution is 2.34. The largest absolute Gasteiger partial charge is 0.416 e. The molecule has 8 heteroatoms. The molecule has 3 nitrogen and oxygen atoms in total. The zero-order chi connectivity index (χ0) is 16.6. The monoisotopic (exact) mass is 356 g/mol. The van der Waals surface area contributed by atoms with Crippen LogP contribution >= 0.6 is 22.9 Å². The number of halogens is 4. The molecule has 0 atom stereocenters. The number of amides is 1. The van der Waals surface area contributed by atoms with E-state index >= 15 is 0 Å². The van der Waals surface area contributed by atoms with Gasteiger partial charge < -0.3 is 5.32 Å². The minimum atomic E-state index is -4.51. The highest BCUT2D eigenvalue weighted by Gasteiger charge is 2.31. The predicted molar refractivity (Wildman–Crippen MR) is 84.0 cm³/mol. The van der Waals surface area contributed by atoms with E-state index in [4.69, 9.17) is 11.6 Å². The van der Waals surface area contributed by atoms with E-state index in [9.17, 15) is 18.0 Å². The normalized spacial score (nSPS) is 11.7. The van der Waals surface area contributed by atoms with Crippen molar-refractivity contribution < 1.29 is 18.0 Å². The standard InChI is InChI=1S/C15H8ClF3N2OS/c16-10-3-2-9(15(17,18)19)6-12(10)21-14(22)8-1-4-11-13(5-8)23-7-20-11/h1-7H,(H,21,22). The first-order valence-corrected chi connectivity index (χ1v) is 7.62. The van der Waals surface area contributed by atoms with Crippen LogP contribution in [0.1, 0.15) is 15.9 Å². The van der Waals surface area contributed by atoms with Crippen LogP contribution in [0.5, 0.6) is 0 Å². The first-order chi connectivity index (χ1) is 10.8. The summed E-state index contributed by atoms with van der Waals surface area (Å²) in [6, 6.07) is 7.64. The van der Waals surface area contributed by atoms with Gasteiger partial charge in [0.15, 0.2) is 0 Å². The Hall–Kier alpha value is -2.12. The van der Waals surface area contributed by atoms with E-state index in [0.29, 0.717) is 5.56 Å². The summed E-state index contributed by atoms with van der Waals surface area (Å²) in [5.74, 6) is -0.540. The molecule has 0 spiro atoms. The van der Waals surface area contributed by atoms with E-state index in [2.05, 4.69) is 10.3 Å². The fourth-order valence-corrected chi connectivity index (χ4v) is 2.87. The molecular weight excluding hydrogens is 349 g/mol. The minimum absolute atomic E-state index is 0.0326. The molecule has 0 fully saturated rings. The molecule has 0 saturated heterocycles. The van der Waals surface area contributed by atoms with Crippen molar-refractivity contribution in [3.05, 3.63) is 58.1 Å². The van der Waals surface area contributed by atoms with Crippen LogP contribution in [0.3, 0.4) is 0 Å². The van der Waals surface area contributed by atoms with Gasteiger partial charge in [0.05, 0.1) is 32.0 Å². The van der Waals surface area contributed by atoms with Crippen LogP contribution in [0.4, 0.5) is 18.9 Å². The Kier molecular flexibility index (Phi) is 3.99. The lowest BCUT2D eigenvalue weighted by molar-refractivity contribution is -0.137. The van der Waals surface area contributed by atoms with Crippen molar-refractivity contribution >= 4 is 44.7 Å². The number of alkyl halides is 3. The van der Waals surface area contributed by atoms with Gasteiger partial charge in [-0.3, -0.25) is 4.79 Å². The molecule has 1 heterocycles. The number of nitrogens with one attached hydrogen (secondary N) is 1. The molecule has 3 aromatic rings. The molecule has 1 amide bonds. The van der Waals surface area contributed by atoms with Gasteiger partial charge in [-0.1, -0.05) is 11.6 Å². The summed E-state index contributed by atoms with van der Waals surface area (Å²) >= 11 is 7.23. The topological polar surface area (TPSA) is 42.0 Å². The summed E-state index contributed by atoms with van der Waals surface area (Å²) in [7, 11) is 0. The average Bonchev–Trinajstić information content (AvgIpc) is 2.95. The Labute approximate surface area is 137 Å². The molecule has 0 aliphatic carbocycles. The van der Waals surface area contributed by atoms with Crippen molar-refractivity contribution in [2.24, 2.45) is 0 Å². The highest BCUT2D eigenvalue weighted by molar-refractivity contribution is 7.16. The van der Waals surface area contributed by atoms with Gasteiger partial charge in [-0.25, -0.2) is 4.98 Å². The second-order valence-corrected chi connectivity index (χ2v) is 5.97. The maximum atomic E-state index is 12.7. The second-order valence-electron chi connectivity index (χ2n) is 4.68. The number of fused-ring (bicyclic) bond motifs is 1. The van der Waals surface area contributed by atoms with Gasteiger partial charge in [0.1, 0.15) is 0 Å². The summed E-state index contributed by atoms with van der Waals surface area (Å²) in [5.41, 5.74) is 1.75. The number of hydrogen-bond donors (Lipinski definition) is 1. The number of aromatic nitrogens is 1. The van der Waals surface area contributed by atoms with Crippen LogP contribution in [-0.2, 0) is 6.18 Å². The molecule has 2 aromatic carbocycles. The summed E-state index contributed by atoms with van der Waals surface area (Å²) in [6.45, 7) is 0. The molecule has 0 radical (unpaired) electrons. The van der Waals surface area contributed by atoms with E-state index in [1.165, 1.54) is 11.3 Å². The van der Waals surface area contributed by atoms with Gasteiger partial charge >= 0.3 is 6.18 Å². The zero-order valence-electron chi connectivity index (χ0n) is 11.3. The number of thiazole rings is 1. The van der Waals surface area contributed by atoms with E-state index in [1.54, 1.807) is 23.7 Å². The molecule has 0 unspecified atom stereocenters. The Morgan fingerprint density at radius 1 is 1.17 bits per heavy atom. The molecule has 1 aromatic heterocycles. The lowest BCUT2D eigenvalue weighted by Crippen LogP contribution is -2.13. The number of carbonyl (C=O) groups is 1. The number of nitrogens with zero attached hydrogens (tertiary/aromatic N) is 1. The predicted octanol–water partition coefficient (Wildman–Crippen LogP) is 5.22. The van der Waals surface area contributed by atoms with Gasteiger partial charge in [0, 0.05) is 5.56 Å². The van der Waals surface area contributed by atoms with Crippen LogP contribution in [0.2, 0.25) is 5.02 Å². The van der Waals surface area contributed by atoms with Gasteiger partial charge in [-0.2, -0.15) is 13.2 Å². The average molecular weight is 357 g/mol. The Bertz CT molecular complexity index is 892. The molecule has 118 valence electrons. The van der Waals surface area contributed by atoms with Gasteiger partial charge in [0.2, 0.25) is 0 Å². The molecule has 1 N–H and O–H groups in total. The van der Waals surface area contributed by atoms with E-state index in [0.717, 1.165) is 28.4 Å². The first-order valence-electron chi connectivity index (χ1n) is 6.36. The maximum Gasteiger partial charge on any atom is 0.416 e. The fourth-order valence-electron chi connectivity index (χ4n) is 1.99. The third kappa shape index (κ3) is 3.30. The van der Waals surface area contributed by atoms with Crippen molar-refractivity contribution in [2.75, 3.05) is 5.32 Å². The van der Waals surface area contributed by atoms with E-state index in [1.807, 2.05) is 0 Å². The summed E-state index contributed by atoms with van der Waals surface area (Å²) in [4.78, 5) is 16.3. The summed E-state index contributed by atoms with van der Waals surface area (Å²) in [5, 5.41) is 2.44.